The monoisotopic (exact) mass is 254 g/mol. The first kappa shape index (κ1) is 14.5. The SMILES string of the molecule is CCCN1C(=O)N=C(N)C1CC(=O)N(CC)CC. The summed E-state index contributed by atoms with van der Waals surface area (Å²) in [5.74, 6) is 0.271. The van der Waals surface area contributed by atoms with Crippen molar-refractivity contribution in [2.24, 2.45) is 10.7 Å². The van der Waals surface area contributed by atoms with E-state index in [2.05, 4.69) is 4.99 Å². The average molecular weight is 254 g/mol. The molecule has 3 amide bonds. The van der Waals surface area contributed by atoms with Crippen LogP contribution >= 0.6 is 0 Å². The molecule has 1 atom stereocenters. The Bertz CT molecular complexity index is 350. The van der Waals surface area contributed by atoms with Gasteiger partial charge < -0.3 is 15.5 Å². The van der Waals surface area contributed by atoms with Crippen LogP contribution in [0.15, 0.2) is 4.99 Å². The Hall–Kier alpha value is -1.59. The van der Waals surface area contributed by atoms with Gasteiger partial charge in [0.25, 0.3) is 0 Å². The Morgan fingerprint density at radius 3 is 2.50 bits per heavy atom. The number of nitrogens with two attached hydrogens (primary N) is 1. The Morgan fingerprint density at radius 1 is 1.39 bits per heavy atom. The van der Waals surface area contributed by atoms with Crippen LogP contribution in [0, 0.1) is 0 Å². The van der Waals surface area contributed by atoms with E-state index >= 15 is 0 Å². The van der Waals surface area contributed by atoms with Crippen molar-refractivity contribution < 1.29 is 9.59 Å². The predicted octanol–water partition coefficient (Wildman–Crippen LogP) is 0.816. The van der Waals surface area contributed by atoms with Gasteiger partial charge in [-0.15, -0.1) is 0 Å². The van der Waals surface area contributed by atoms with E-state index in [1.807, 2.05) is 20.8 Å². The van der Waals surface area contributed by atoms with Gasteiger partial charge >= 0.3 is 6.03 Å². The van der Waals surface area contributed by atoms with E-state index in [9.17, 15) is 9.59 Å². The molecule has 1 rings (SSSR count). The van der Waals surface area contributed by atoms with Gasteiger partial charge in [-0.25, -0.2) is 4.79 Å². The molecule has 0 aromatic carbocycles. The topological polar surface area (TPSA) is 79.0 Å². The minimum absolute atomic E-state index is 0.0129. The molecule has 0 spiro atoms. The van der Waals surface area contributed by atoms with Gasteiger partial charge in [-0.3, -0.25) is 4.79 Å². The molecule has 0 bridgehead atoms. The molecule has 1 aliphatic heterocycles. The third-order valence-electron chi connectivity index (χ3n) is 3.14. The van der Waals surface area contributed by atoms with E-state index < -0.39 is 0 Å². The molecule has 0 radical (unpaired) electrons. The Balaban J connectivity index is 2.72. The first-order chi connectivity index (χ1) is 8.54. The second-order valence-electron chi connectivity index (χ2n) is 4.30. The van der Waals surface area contributed by atoms with Crippen LogP contribution in [0.4, 0.5) is 4.79 Å². The zero-order chi connectivity index (χ0) is 13.7. The van der Waals surface area contributed by atoms with Crippen molar-refractivity contribution in [3.63, 3.8) is 0 Å². The van der Waals surface area contributed by atoms with Crippen molar-refractivity contribution in [3.05, 3.63) is 0 Å². The van der Waals surface area contributed by atoms with Crippen LogP contribution in [-0.2, 0) is 4.79 Å². The molecule has 2 N–H and O–H groups in total. The highest BCUT2D eigenvalue weighted by molar-refractivity contribution is 6.04. The lowest BCUT2D eigenvalue weighted by atomic mass is 10.1. The van der Waals surface area contributed by atoms with Crippen molar-refractivity contribution in [3.8, 4) is 0 Å². The number of aliphatic imine (C=N–C) groups is 1. The second kappa shape index (κ2) is 6.37. The molecule has 0 fully saturated rings. The Morgan fingerprint density at radius 2 is 2.00 bits per heavy atom. The molecule has 0 saturated carbocycles. The van der Waals surface area contributed by atoms with Gasteiger partial charge in [0.05, 0.1) is 12.5 Å². The van der Waals surface area contributed by atoms with Crippen LogP contribution in [0.5, 0.6) is 0 Å². The minimum Gasteiger partial charge on any atom is -0.385 e. The van der Waals surface area contributed by atoms with E-state index in [1.165, 1.54) is 0 Å². The molecule has 1 heterocycles. The molecule has 0 aliphatic carbocycles. The van der Waals surface area contributed by atoms with Gasteiger partial charge in [0, 0.05) is 19.6 Å². The number of hydrogen-bond donors (Lipinski definition) is 1. The largest absolute Gasteiger partial charge is 0.385 e. The lowest BCUT2D eigenvalue weighted by Crippen LogP contribution is -2.45. The summed E-state index contributed by atoms with van der Waals surface area (Å²) in [5.41, 5.74) is 5.74. The van der Waals surface area contributed by atoms with Gasteiger partial charge in [0.15, 0.2) is 0 Å². The first-order valence-corrected chi connectivity index (χ1v) is 6.47. The predicted molar refractivity (Wildman–Crippen MR) is 70.3 cm³/mol. The summed E-state index contributed by atoms with van der Waals surface area (Å²) in [4.78, 5) is 30.7. The normalized spacial score (nSPS) is 19.1. The Kier molecular flexibility index (Phi) is 5.12. The number of amides is 3. The van der Waals surface area contributed by atoms with Crippen LogP contribution in [0.2, 0.25) is 0 Å². The molecule has 18 heavy (non-hydrogen) atoms. The zero-order valence-electron chi connectivity index (χ0n) is 11.3. The molecular formula is C12H22N4O2. The van der Waals surface area contributed by atoms with Crippen molar-refractivity contribution in [2.75, 3.05) is 19.6 Å². The minimum atomic E-state index is -0.370. The maximum absolute atomic E-state index is 12.0. The van der Waals surface area contributed by atoms with Gasteiger partial charge in [0.1, 0.15) is 5.84 Å². The van der Waals surface area contributed by atoms with Gasteiger partial charge in [0.2, 0.25) is 5.91 Å². The summed E-state index contributed by atoms with van der Waals surface area (Å²) in [6, 6.07) is -0.697. The van der Waals surface area contributed by atoms with E-state index in [0.29, 0.717) is 19.6 Å². The summed E-state index contributed by atoms with van der Waals surface area (Å²) >= 11 is 0. The van der Waals surface area contributed by atoms with Crippen LogP contribution in [0.3, 0.4) is 0 Å². The molecule has 0 saturated heterocycles. The highest BCUT2D eigenvalue weighted by atomic mass is 16.2. The Labute approximate surface area is 108 Å². The smallest absolute Gasteiger partial charge is 0.345 e. The van der Waals surface area contributed by atoms with Crippen molar-refractivity contribution in [1.29, 1.82) is 0 Å². The quantitative estimate of drug-likeness (QED) is 0.762. The van der Waals surface area contributed by atoms with Crippen molar-refractivity contribution in [1.82, 2.24) is 9.80 Å². The molecular weight excluding hydrogens is 232 g/mol. The molecule has 0 aromatic rings. The van der Waals surface area contributed by atoms with Crippen LogP contribution in [0.1, 0.15) is 33.6 Å². The van der Waals surface area contributed by atoms with E-state index in [-0.39, 0.29) is 30.2 Å². The number of rotatable bonds is 6. The van der Waals surface area contributed by atoms with Gasteiger partial charge in [-0.2, -0.15) is 4.99 Å². The van der Waals surface area contributed by atoms with Crippen LogP contribution < -0.4 is 5.73 Å². The summed E-state index contributed by atoms with van der Waals surface area (Å²) < 4.78 is 0. The molecule has 6 nitrogen and oxygen atoms in total. The fourth-order valence-corrected chi connectivity index (χ4v) is 2.12. The third-order valence-corrected chi connectivity index (χ3v) is 3.14. The average Bonchev–Trinajstić information content (AvgIpc) is 2.58. The number of urea groups is 1. The molecule has 0 aromatic heterocycles. The van der Waals surface area contributed by atoms with Gasteiger partial charge in [-0.1, -0.05) is 6.92 Å². The highest BCUT2D eigenvalue weighted by Crippen LogP contribution is 2.16. The molecule has 102 valence electrons. The fourth-order valence-electron chi connectivity index (χ4n) is 2.12. The number of nitrogens with zero attached hydrogens (tertiary/aromatic N) is 3. The van der Waals surface area contributed by atoms with E-state index in [1.54, 1.807) is 9.80 Å². The van der Waals surface area contributed by atoms with Gasteiger partial charge in [-0.05, 0) is 20.3 Å². The number of carbonyl (C=O) groups excluding carboxylic acids is 2. The fraction of sp³-hybridized carbons (Fsp3) is 0.750. The number of amidine groups is 1. The maximum Gasteiger partial charge on any atom is 0.345 e. The summed E-state index contributed by atoms with van der Waals surface area (Å²) in [6.07, 6.45) is 1.05. The zero-order valence-corrected chi connectivity index (χ0v) is 11.3. The lowest BCUT2D eigenvalue weighted by Gasteiger charge is -2.26. The number of hydrogen-bond acceptors (Lipinski definition) is 3. The third kappa shape index (κ3) is 3.00. The molecule has 1 aliphatic rings. The van der Waals surface area contributed by atoms with Crippen LogP contribution in [0.25, 0.3) is 0 Å². The highest BCUT2D eigenvalue weighted by Gasteiger charge is 2.34. The maximum atomic E-state index is 12.0. The van der Waals surface area contributed by atoms with Crippen LogP contribution in [-0.4, -0.2) is 53.2 Å². The number of carbonyl (C=O) groups is 2. The first-order valence-electron chi connectivity index (χ1n) is 6.47. The lowest BCUT2D eigenvalue weighted by molar-refractivity contribution is -0.131. The van der Waals surface area contributed by atoms with E-state index in [4.69, 9.17) is 5.73 Å². The summed E-state index contributed by atoms with van der Waals surface area (Å²) in [5, 5.41) is 0. The van der Waals surface area contributed by atoms with Crippen molar-refractivity contribution in [2.45, 2.75) is 39.7 Å². The molecule has 1 unspecified atom stereocenters. The standard InChI is InChI=1S/C12H22N4O2/c1-4-7-16-9(11(13)14-12(16)18)8-10(17)15(5-2)6-3/h9H,4-8H2,1-3H3,(H2,13,14,18). The summed E-state index contributed by atoms with van der Waals surface area (Å²) in [6.45, 7) is 7.76. The second-order valence-corrected chi connectivity index (χ2v) is 4.30. The van der Waals surface area contributed by atoms with E-state index in [0.717, 1.165) is 6.42 Å². The molecule has 6 heteroatoms. The summed E-state index contributed by atoms with van der Waals surface area (Å²) in [7, 11) is 0. The van der Waals surface area contributed by atoms with Crippen molar-refractivity contribution >= 4 is 17.8 Å².